The summed E-state index contributed by atoms with van der Waals surface area (Å²) in [6.07, 6.45) is -0.967. The van der Waals surface area contributed by atoms with E-state index in [4.69, 9.17) is 4.74 Å². The molecule has 0 bridgehead atoms. The number of amides is 1. The quantitative estimate of drug-likeness (QED) is 0.637. The third-order valence-electron chi connectivity index (χ3n) is 3.92. The molecule has 3 rings (SSSR count). The number of carbonyl (C=O) groups is 2. The molecule has 0 fully saturated rings. The zero-order chi connectivity index (χ0) is 20.9. The van der Waals surface area contributed by atoms with Gasteiger partial charge in [0, 0.05) is 18.1 Å². The summed E-state index contributed by atoms with van der Waals surface area (Å²) in [5.41, 5.74) is 0.557. The topological polar surface area (TPSA) is 73.2 Å². The maximum absolute atomic E-state index is 12.5. The molecule has 0 aliphatic carbocycles. The second-order valence-electron chi connectivity index (χ2n) is 6.10. The average molecular weight is 403 g/mol. The molecule has 0 saturated heterocycles. The van der Waals surface area contributed by atoms with E-state index < -0.39 is 30.2 Å². The van der Waals surface area contributed by atoms with Crippen LogP contribution in [0.25, 0.3) is 0 Å². The van der Waals surface area contributed by atoms with E-state index in [2.05, 4.69) is 10.4 Å². The molecular weight excluding hydrogens is 387 g/mol. The molecule has 6 nitrogen and oxygen atoms in total. The van der Waals surface area contributed by atoms with Gasteiger partial charge < -0.3 is 10.1 Å². The number of benzene rings is 2. The predicted octanol–water partition coefficient (Wildman–Crippen LogP) is 3.75. The fourth-order valence-electron chi connectivity index (χ4n) is 2.48. The van der Waals surface area contributed by atoms with E-state index in [1.807, 2.05) is 12.3 Å². The molecule has 2 aromatic carbocycles. The van der Waals surface area contributed by atoms with E-state index in [0.29, 0.717) is 6.54 Å². The Labute approximate surface area is 163 Å². The molecule has 150 valence electrons. The van der Waals surface area contributed by atoms with E-state index in [1.165, 1.54) is 0 Å². The van der Waals surface area contributed by atoms with Gasteiger partial charge in [0.05, 0.1) is 17.7 Å². The first-order valence-corrected chi connectivity index (χ1v) is 8.52. The van der Waals surface area contributed by atoms with Crippen LogP contribution in [0.5, 0.6) is 0 Å². The lowest BCUT2D eigenvalue weighted by molar-refractivity contribution is -0.137. The van der Waals surface area contributed by atoms with Gasteiger partial charge in [0.1, 0.15) is 0 Å². The number of halogens is 3. The van der Waals surface area contributed by atoms with Gasteiger partial charge in [-0.05, 0) is 48.0 Å². The van der Waals surface area contributed by atoms with Gasteiger partial charge in [-0.2, -0.15) is 18.3 Å². The van der Waals surface area contributed by atoms with E-state index in [9.17, 15) is 22.8 Å². The smallest absolute Gasteiger partial charge is 0.416 e. The first-order valence-electron chi connectivity index (χ1n) is 8.52. The zero-order valence-electron chi connectivity index (χ0n) is 15.0. The van der Waals surface area contributed by atoms with Gasteiger partial charge in [-0.15, -0.1) is 0 Å². The highest BCUT2D eigenvalue weighted by Crippen LogP contribution is 2.29. The van der Waals surface area contributed by atoms with Crippen molar-refractivity contribution in [2.45, 2.75) is 12.7 Å². The molecule has 1 heterocycles. The number of aromatic nitrogens is 2. The molecule has 0 aliphatic heterocycles. The fraction of sp³-hybridized carbons (Fsp3) is 0.150. The summed E-state index contributed by atoms with van der Waals surface area (Å²) in [5, 5.41) is 6.46. The van der Waals surface area contributed by atoms with Gasteiger partial charge in [0.25, 0.3) is 5.91 Å². The Morgan fingerprint density at radius 3 is 2.31 bits per heavy atom. The van der Waals surface area contributed by atoms with E-state index in [0.717, 1.165) is 29.8 Å². The summed E-state index contributed by atoms with van der Waals surface area (Å²) in [6, 6.07) is 12.4. The summed E-state index contributed by atoms with van der Waals surface area (Å²) in [4.78, 5) is 23.9. The van der Waals surface area contributed by atoms with Crippen molar-refractivity contribution in [2.75, 3.05) is 11.9 Å². The zero-order valence-corrected chi connectivity index (χ0v) is 15.0. The van der Waals surface area contributed by atoms with Crippen molar-refractivity contribution in [3.8, 4) is 0 Å². The third kappa shape index (κ3) is 5.68. The summed E-state index contributed by atoms with van der Waals surface area (Å²) < 4.78 is 44.2. The van der Waals surface area contributed by atoms with Gasteiger partial charge in [-0.1, -0.05) is 12.1 Å². The fourth-order valence-corrected chi connectivity index (χ4v) is 2.48. The van der Waals surface area contributed by atoms with Crippen LogP contribution < -0.4 is 5.32 Å². The Morgan fingerprint density at radius 1 is 1.03 bits per heavy atom. The molecule has 0 unspecified atom stereocenters. The van der Waals surface area contributed by atoms with Gasteiger partial charge in [0.15, 0.2) is 6.61 Å². The molecule has 1 amide bonds. The second-order valence-corrected chi connectivity index (χ2v) is 6.10. The lowest BCUT2D eigenvalue weighted by Crippen LogP contribution is -2.21. The van der Waals surface area contributed by atoms with Crippen molar-refractivity contribution >= 4 is 17.6 Å². The maximum atomic E-state index is 12.5. The predicted molar refractivity (Wildman–Crippen MR) is 98.1 cm³/mol. The SMILES string of the molecule is O=C(COC(=O)c1ccc(Cn2cccn2)cc1)Nc1ccc(C(F)(F)F)cc1. The normalized spacial score (nSPS) is 11.1. The van der Waals surface area contributed by atoms with Crippen molar-refractivity contribution in [3.63, 3.8) is 0 Å². The lowest BCUT2D eigenvalue weighted by atomic mass is 10.1. The molecule has 0 atom stereocenters. The molecule has 9 heteroatoms. The number of ether oxygens (including phenoxy) is 1. The van der Waals surface area contributed by atoms with Gasteiger partial charge >= 0.3 is 12.1 Å². The minimum Gasteiger partial charge on any atom is -0.452 e. The molecule has 0 spiro atoms. The number of hydrogen-bond acceptors (Lipinski definition) is 4. The van der Waals surface area contributed by atoms with Crippen LogP contribution in [-0.2, 0) is 22.3 Å². The van der Waals surface area contributed by atoms with Crippen LogP contribution in [0.4, 0.5) is 18.9 Å². The van der Waals surface area contributed by atoms with Crippen LogP contribution in [0, 0.1) is 0 Å². The molecule has 29 heavy (non-hydrogen) atoms. The number of carbonyl (C=O) groups excluding carboxylic acids is 2. The van der Waals surface area contributed by atoms with Crippen molar-refractivity contribution in [3.05, 3.63) is 83.7 Å². The molecule has 0 saturated carbocycles. The molecule has 0 radical (unpaired) electrons. The van der Waals surface area contributed by atoms with Crippen molar-refractivity contribution in [2.24, 2.45) is 0 Å². The van der Waals surface area contributed by atoms with Crippen LogP contribution >= 0.6 is 0 Å². The second kappa shape index (κ2) is 8.59. The van der Waals surface area contributed by atoms with E-state index >= 15 is 0 Å². The van der Waals surface area contributed by atoms with Gasteiger partial charge in [-0.3, -0.25) is 9.48 Å². The number of rotatable bonds is 6. The van der Waals surface area contributed by atoms with Gasteiger partial charge in [-0.25, -0.2) is 4.79 Å². The molecule has 0 aliphatic rings. The van der Waals surface area contributed by atoms with Crippen LogP contribution in [0.2, 0.25) is 0 Å². The number of hydrogen-bond donors (Lipinski definition) is 1. The maximum Gasteiger partial charge on any atom is 0.416 e. The molecular formula is C20H16F3N3O3. The number of nitrogens with one attached hydrogen (secondary N) is 1. The summed E-state index contributed by atoms with van der Waals surface area (Å²) >= 11 is 0. The highest BCUT2D eigenvalue weighted by Gasteiger charge is 2.30. The summed E-state index contributed by atoms with van der Waals surface area (Å²) in [5.74, 6) is -1.34. The lowest BCUT2D eigenvalue weighted by Gasteiger charge is -2.09. The Balaban J connectivity index is 1.49. The Hall–Kier alpha value is -3.62. The first-order chi connectivity index (χ1) is 13.8. The van der Waals surface area contributed by atoms with Crippen LogP contribution in [0.15, 0.2) is 67.0 Å². The standard InChI is InChI=1S/C20H16F3N3O3/c21-20(22,23)16-6-8-17(9-7-16)25-18(27)13-29-19(28)15-4-2-14(3-5-15)12-26-11-1-10-24-26/h1-11H,12-13H2,(H,25,27). The number of esters is 1. The van der Waals surface area contributed by atoms with Gasteiger partial charge in [0.2, 0.25) is 0 Å². The summed E-state index contributed by atoms with van der Waals surface area (Å²) in [7, 11) is 0. The van der Waals surface area contributed by atoms with E-state index in [-0.39, 0.29) is 11.3 Å². The minimum absolute atomic E-state index is 0.169. The van der Waals surface area contributed by atoms with Crippen LogP contribution in [0.3, 0.4) is 0 Å². The first kappa shape index (κ1) is 20.1. The Bertz CT molecular complexity index is 967. The largest absolute Gasteiger partial charge is 0.452 e. The third-order valence-corrected chi connectivity index (χ3v) is 3.92. The molecule has 1 aromatic heterocycles. The molecule has 1 N–H and O–H groups in total. The van der Waals surface area contributed by atoms with Crippen molar-refractivity contribution in [1.29, 1.82) is 0 Å². The highest BCUT2D eigenvalue weighted by atomic mass is 19.4. The number of alkyl halides is 3. The Kier molecular flexibility index (Phi) is 5.96. The monoisotopic (exact) mass is 403 g/mol. The molecule has 3 aromatic rings. The number of nitrogens with zero attached hydrogens (tertiary/aromatic N) is 2. The minimum atomic E-state index is -4.45. The van der Waals surface area contributed by atoms with Crippen molar-refractivity contribution < 1.29 is 27.5 Å². The highest BCUT2D eigenvalue weighted by molar-refractivity contribution is 5.95. The number of anilines is 1. The van der Waals surface area contributed by atoms with E-state index in [1.54, 1.807) is 35.1 Å². The van der Waals surface area contributed by atoms with Crippen molar-refractivity contribution in [1.82, 2.24) is 9.78 Å². The summed E-state index contributed by atoms with van der Waals surface area (Å²) in [6.45, 7) is -0.00719. The average Bonchev–Trinajstić information content (AvgIpc) is 3.19. The Morgan fingerprint density at radius 2 is 1.72 bits per heavy atom. The van der Waals surface area contributed by atoms with Crippen LogP contribution in [-0.4, -0.2) is 28.3 Å². The van der Waals surface area contributed by atoms with Crippen LogP contribution in [0.1, 0.15) is 21.5 Å².